The average Bonchev–Trinajstić information content (AvgIpc) is 3.62. The van der Waals surface area contributed by atoms with Crippen LogP contribution in [0.4, 0.5) is 21.7 Å². The van der Waals surface area contributed by atoms with Gasteiger partial charge in [-0.25, -0.2) is 14.4 Å². The number of aromatic nitrogens is 2. The van der Waals surface area contributed by atoms with E-state index in [0.29, 0.717) is 17.8 Å². The summed E-state index contributed by atoms with van der Waals surface area (Å²) in [6.07, 6.45) is 10.3. The van der Waals surface area contributed by atoms with E-state index in [1.165, 1.54) is 24.2 Å². The summed E-state index contributed by atoms with van der Waals surface area (Å²) in [7, 11) is 5.78. The van der Waals surface area contributed by atoms with Crippen LogP contribution in [0.3, 0.4) is 0 Å². The largest absolute Gasteiger partial charge is 0.370 e. The fourth-order valence-electron chi connectivity index (χ4n) is 6.56. The van der Waals surface area contributed by atoms with Gasteiger partial charge in [-0.1, -0.05) is 12.8 Å². The first-order valence-corrected chi connectivity index (χ1v) is 15.4. The predicted molar refractivity (Wildman–Crippen MR) is 161 cm³/mol. The van der Waals surface area contributed by atoms with Crippen molar-refractivity contribution in [3.63, 3.8) is 0 Å². The number of halogens is 1. The molecule has 0 unspecified atom stereocenters. The van der Waals surface area contributed by atoms with Gasteiger partial charge >= 0.3 is 0 Å². The molecule has 2 saturated heterocycles. The lowest BCUT2D eigenvalue weighted by molar-refractivity contribution is 0.0831. The van der Waals surface area contributed by atoms with Gasteiger partial charge in [0, 0.05) is 77.1 Å². The van der Waals surface area contributed by atoms with E-state index in [1.807, 2.05) is 6.07 Å². The molecule has 40 heavy (non-hydrogen) atoms. The highest BCUT2D eigenvalue weighted by atomic mass is 32.1. The molecule has 1 amide bonds. The lowest BCUT2D eigenvalue weighted by Gasteiger charge is -2.42. The Bertz CT molecular complexity index is 1360. The van der Waals surface area contributed by atoms with E-state index in [-0.39, 0.29) is 17.5 Å². The maximum atomic E-state index is 15.3. The van der Waals surface area contributed by atoms with Crippen molar-refractivity contribution in [2.75, 3.05) is 70.6 Å². The maximum Gasteiger partial charge on any atom is 0.263 e. The van der Waals surface area contributed by atoms with E-state index >= 15 is 4.39 Å². The third-order valence-electron chi connectivity index (χ3n) is 8.94. The summed E-state index contributed by atoms with van der Waals surface area (Å²) in [5.74, 6) is 0.738. The van der Waals surface area contributed by atoms with Crippen molar-refractivity contribution in [3.05, 3.63) is 40.8 Å². The first-order chi connectivity index (χ1) is 19.4. The van der Waals surface area contributed by atoms with Gasteiger partial charge < -0.3 is 20.0 Å². The minimum atomic E-state index is -0.384. The minimum absolute atomic E-state index is 0.0356. The van der Waals surface area contributed by atoms with Crippen molar-refractivity contribution >= 4 is 44.7 Å². The molecule has 3 aliphatic rings. The fraction of sp³-hybridized carbons (Fsp3) is 0.567. The van der Waals surface area contributed by atoms with E-state index in [1.54, 1.807) is 37.5 Å². The van der Waals surface area contributed by atoms with Crippen molar-refractivity contribution < 1.29 is 9.18 Å². The Morgan fingerprint density at radius 3 is 2.40 bits per heavy atom. The van der Waals surface area contributed by atoms with E-state index in [4.69, 9.17) is 0 Å². The summed E-state index contributed by atoms with van der Waals surface area (Å²) >= 11 is 1.51. The second-order valence-electron chi connectivity index (χ2n) is 11.8. The summed E-state index contributed by atoms with van der Waals surface area (Å²) in [4.78, 5) is 31.7. The maximum absolute atomic E-state index is 15.3. The Balaban J connectivity index is 1.17. The number of carbonyl (C=O) groups excluding carboxylic acids is 1. The molecular weight excluding hydrogens is 525 g/mol. The van der Waals surface area contributed by atoms with Crippen LogP contribution in [0.25, 0.3) is 10.1 Å². The summed E-state index contributed by atoms with van der Waals surface area (Å²) in [5.41, 5.74) is 1.96. The molecule has 1 aliphatic carbocycles. The Morgan fingerprint density at radius 1 is 1.00 bits per heavy atom. The summed E-state index contributed by atoms with van der Waals surface area (Å²) in [6, 6.07) is 4.17. The Hall–Kier alpha value is -2.82. The molecule has 3 aromatic heterocycles. The lowest BCUT2D eigenvalue weighted by atomic mass is 9.94. The number of nitrogens with zero attached hydrogens (tertiary/aromatic N) is 6. The van der Waals surface area contributed by atoms with Crippen molar-refractivity contribution in [2.24, 2.45) is 0 Å². The number of amides is 1. The molecule has 2 aliphatic heterocycles. The number of fused-ring (bicyclic) bond motifs is 1. The molecule has 1 N–H and O–H groups in total. The molecule has 8 nitrogen and oxygen atoms in total. The fourth-order valence-corrected chi connectivity index (χ4v) is 7.82. The van der Waals surface area contributed by atoms with Crippen molar-refractivity contribution in [1.82, 2.24) is 24.7 Å². The van der Waals surface area contributed by atoms with E-state index in [2.05, 4.69) is 37.0 Å². The first kappa shape index (κ1) is 27.4. The quantitative estimate of drug-likeness (QED) is 0.443. The third kappa shape index (κ3) is 5.53. The van der Waals surface area contributed by atoms with Crippen LogP contribution in [0.1, 0.15) is 59.7 Å². The van der Waals surface area contributed by atoms with E-state index in [9.17, 15) is 4.79 Å². The standard InChI is InChI=1S/C30H40FN7OS/c1-35(2)30(39)28-27(20-6-4-5-7-20)23-17-26(32-19-25(23)40-28)34-29-24(31)16-22(18-33-29)37-10-8-21(9-11-37)38-14-12-36(3)13-15-38/h16-21H,4-15H2,1-3H3,(H,32,33,34). The summed E-state index contributed by atoms with van der Waals surface area (Å²) < 4.78 is 16.3. The van der Waals surface area contributed by atoms with Crippen LogP contribution in [-0.2, 0) is 0 Å². The van der Waals surface area contributed by atoms with Gasteiger partial charge in [-0.05, 0) is 50.3 Å². The van der Waals surface area contributed by atoms with Gasteiger partial charge in [0.2, 0.25) is 0 Å². The van der Waals surface area contributed by atoms with E-state index in [0.717, 1.165) is 91.2 Å². The number of piperidine rings is 1. The first-order valence-electron chi connectivity index (χ1n) is 14.6. The van der Waals surface area contributed by atoms with Crippen LogP contribution >= 0.6 is 11.3 Å². The van der Waals surface area contributed by atoms with Crippen LogP contribution in [0.15, 0.2) is 24.5 Å². The number of carbonyl (C=O) groups is 1. The zero-order chi connectivity index (χ0) is 27.8. The van der Waals surface area contributed by atoms with Gasteiger partial charge in [-0.15, -0.1) is 11.3 Å². The van der Waals surface area contributed by atoms with Gasteiger partial charge in [0.1, 0.15) is 5.82 Å². The minimum Gasteiger partial charge on any atom is -0.370 e. The van der Waals surface area contributed by atoms with Crippen LogP contribution in [0.2, 0.25) is 0 Å². The number of thiophene rings is 1. The zero-order valence-electron chi connectivity index (χ0n) is 23.8. The molecule has 10 heteroatoms. The Morgan fingerprint density at radius 2 is 1.73 bits per heavy atom. The number of hydrogen-bond acceptors (Lipinski definition) is 8. The molecule has 3 fully saturated rings. The van der Waals surface area contributed by atoms with Gasteiger partial charge in [0.05, 0.1) is 21.5 Å². The molecule has 0 aromatic carbocycles. The molecular formula is C30H40FN7OS. The highest BCUT2D eigenvalue weighted by Gasteiger charge is 2.29. The molecule has 5 heterocycles. The molecule has 214 valence electrons. The molecule has 0 atom stereocenters. The molecule has 0 bridgehead atoms. The third-order valence-corrected chi connectivity index (χ3v) is 10.1. The predicted octanol–water partition coefficient (Wildman–Crippen LogP) is 5.15. The molecule has 6 rings (SSSR count). The van der Waals surface area contributed by atoms with Crippen LogP contribution in [-0.4, -0.2) is 97.0 Å². The number of hydrogen-bond donors (Lipinski definition) is 1. The summed E-state index contributed by atoms with van der Waals surface area (Å²) in [5, 5.41) is 4.15. The number of nitrogens with one attached hydrogen (secondary N) is 1. The SMILES string of the molecule is CN1CCN(C2CCN(c3cnc(Nc4cc5c(C6CCCC6)c(C(=O)N(C)C)sc5cn4)c(F)c3)CC2)CC1. The average molecular weight is 566 g/mol. The highest BCUT2D eigenvalue weighted by molar-refractivity contribution is 7.21. The van der Waals surface area contributed by atoms with Gasteiger partial charge in [-0.2, -0.15) is 0 Å². The normalized spacial score (nSPS) is 19.9. The monoisotopic (exact) mass is 565 g/mol. The molecule has 3 aromatic rings. The molecule has 0 spiro atoms. The van der Waals surface area contributed by atoms with Gasteiger partial charge in [0.15, 0.2) is 11.6 Å². The van der Waals surface area contributed by atoms with Gasteiger partial charge in [0.25, 0.3) is 5.91 Å². The van der Waals surface area contributed by atoms with Crippen molar-refractivity contribution in [2.45, 2.75) is 50.5 Å². The number of anilines is 3. The van der Waals surface area contributed by atoms with Gasteiger partial charge in [-0.3, -0.25) is 9.69 Å². The van der Waals surface area contributed by atoms with Crippen LogP contribution < -0.4 is 10.2 Å². The Kier molecular flexibility index (Phi) is 7.92. The van der Waals surface area contributed by atoms with Crippen LogP contribution in [0, 0.1) is 5.82 Å². The number of piperazine rings is 1. The second-order valence-corrected chi connectivity index (χ2v) is 12.9. The summed E-state index contributed by atoms with van der Waals surface area (Å²) in [6.45, 7) is 6.37. The number of likely N-dealkylation sites (N-methyl/N-ethyl adjacent to an activating group) is 1. The number of rotatable bonds is 6. The highest BCUT2D eigenvalue weighted by Crippen LogP contribution is 2.44. The van der Waals surface area contributed by atoms with Crippen molar-refractivity contribution in [1.29, 1.82) is 0 Å². The molecule has 0 radical (unpaired) electrons. The smallest absolute Gasteiger partial charge is 0.263 e. The molecule has 1 saturated carbocycles. The van der Waals surface area contributed by atoms with E-state index < -0.39 is 0 Å². The van der Waals surface area contributed by atoms with Crippen molar-refractivity contribution in [3.8, 4) is 0 Å². The van der Waals surface area contributed by atoms with Crippen LogP contribution in [0.5, 0.6) is 0 Å². The lowest BCUT2D eigenvalue weighted by Crippen LogP contribution is -2.52. The topological polar surface area (TPSA) is 67.8 Å². The second kappa shape index (κ2) is 11.6. The Labute approximate surface area is 240 Å². The zero-order valence-corrected chi connectivity index (χ0v) is 24.6. The number of pyridine rings is 2.